The quantitative estimate of drug-likeness (QED) is 0.837. The Kier molecular flexibility index (Phi) is 4.09. The first kappa shape index (κ1) is 13.2. The fraction of sp³-hybridized carbons (Fsp3) is 0.462. The molecule has 1 heterocycles. The van der Waals surface area contributed by atoms with Crippen molar-refractivity contribution in [3.63, 3.8) is 0 Å². The number of halogens is 1. The van der Waals surface area contributed by atoms with Gasteiger partial charge in [0, 0.05) is 25.9 Å². The Labute approximate surface area is 112 Å². The summed E-state index contributed by atoms with van der Waals surface area (Å²) in [5, 5.41) is 0.411. The van der Waals surface area contributed by atoms with Crippen LogP contribution in [0.1, 0.15) is 23.2 Å². The van der Waals surface area contributed by atoms with E-state index in [1.54, 1.807) is 30.2 Å². The summed E-state index contributed by atoms with van der Waals surface area (Å²) in [4.78, 5) is 14.1. The lowest BCUT2D eigenvalue weighted by Gasteiger charge is -2.31. The van der Waals surface area contributed by atoms with Crippen molar-refractivity contribution < 1.29 is 9.53 Å². The van der Waals surface area contributed by atoms with Crippen LogP contribution in [0.4, 0.5) is 5.69 Å². The van der Waals surface area contributed by atoms with E-state index in [1.807, 2.05) is 0 Å². The van der Waals surface area contributed by atoms with Crippen LogP contribution in [0.3, 0.4) is 0 Å². The molecule has 1 aliphatic heterocycles. The van der Waals surface area contributed by atoms with Gasteiger partial charge in [0.25, 0.3) is 5.91 Å². The summed E-state index contributed by atoms with van der Waals surface area (Å²) in [6.45, 7) is 1.37. The van der Waals surface area contributed by atoms with Crippen LogP contribution < -0.4 is 5.73 Å². The van der Waals surface area contributed by atoms with Crippen molar-refractivity contribution in [2.75, 3.05) is 25.9 Å². The van der Waals surface area contributed by atoms with Crippen molar-refractivity contribution in [2.45, 2.75) is 18.9 Å². The van der Waals surface area contributed by atoms with Crippen LogP contribution in [0.2, 0.25) is 5.02 Å². The second kappa shape index (κ2) is 5.59. The van der Waals surface area contributed by atoms with Gasteiger partial charge in [0.1, 0.15) is 0 Å². The third-order valence-corrected chi connectivity index (χ3v) is 3.64. The Morgan fingerprint density at radius 2 is 2.11 bits per heavy atom. The number of amides is 1. The molecule has 1 aromatic rings. The Morgan fingerprint density at radius 1 is 1.44 bits per heavy atom. The molecule has 1 saturated heterocycles. The number of carbonyl (C=O) groups is 1. The molecular formula is C13H17ClN2O2. The van der Waals surface area contributed by atoms with Gasteiger partial charge in [0.15, 0.2) is 0 Å². The predicted octanol–water partition coefficient (Wildman–Crippen LogP) is 2.17. The van der Waals surface area contributed by atoms with Crippen molar-refractivity contribution in [2.24, 2.45) is 0 Å². The molecule has 0 unspecified atom stereocenters. The van der Waals surface area contributed by atoms with Crippen LogP contribution in [-0.2, 0) is 4.74 Å². The van der Waals surface area contributed by atoms with Crippen molar-refractivity contribution in [1.82, 2.24) is 4.90 Å². The van der Waals surface area contributed by atoms with Gasteiger partial charge in [-0.05, 0) is 25.0 Å². The highest BCUT2D eigenvalue weighted by Gasteiger charge is 2.25. The highest BCUT2D eigenvalue weighted by atomic mass is 35.5. The van der Waals surface area contributed by atoms with Crippen LogP contribution in [0, 0.1) is 0 Å². The first-order valence-electron chi connectivity index (χ1n) is 5.99. The van der Waals surface area contributed by atoms with Gasteiger partial charge >= 0.3 is 0 Å². The standard InChI is InChI=1S/C13H17ClN2O2/c1-18-9-5-7-16(8-6-9)13(17)12-10(14)3-2-4-11(12)15/h2-4,9H,5-8,15H2,1H3. The maximum atomic E-state index is 12.4. The van der Waals surface area contributed by atoms with E-state index < -0.39 is 0 Å². The Hall–Kier alpha value is -1.26. The summed E-state index contributed by atoms with van der Waals surface area (Å²) in [6, 6.07) is 5.12. The third-order valence-electron chi connectivity index (χ3n) is 3.32. The number of nitrogens with zero attached hydrogens (tertiary/aromatic N) is 1. The zero-order valence-electron chi connectivity index (χ0n) is 10.4. The second-order valence-electron chi connectivity index (χ2n) is 4.43. The molecule has 5 heteroatoms. The van der Waals surface area contributed by atoms with E-state index in [1.165, 1.54) is 0 Å². The zero-order chi connectivity index (χ0) is 13.1. The topological polar surface area (TPSA) is 55.6 Å². The second-order valence-corrected chi connectivity index (χ2v) is 4.84. The van der Waals surface area contributed by atoms with E-state index in [-0.39, 0.29) is 12.0 Å². The van der Waals surface area contributed by atoms with Gasteiger partial charge in [-0.1, -0.05) is 17.7 Å². The third kappa shape index (κ3) is 2.60. The molecule has 0 radical (unpaired) electrons. The molecule has 18 heavy (non-hydrogen) atoms. The maximum Gasteiger partial charge on any atom is 0.257 e. The molecule has 0 aliphatic carbocycles. The maximum absolute atomic E-state index is 12.4. The number of likely N-dealkylation sites (tertiary alicyclic amines) is 1. The number of nitrogen functional groups attached to an aromatic ring is 1. The van der Waals surface area contributed by atoms with Crippen LogP contribution in [0.15, 0.2) is 18.2 Å². The number of piperidine rings is 1. The van der Waals surface area contributed by atoms with Gasteiger partial charge in [-0.15, -0.1) is 0 Å². The number of anilines is 1. The van der Waals surface area contributed by atoms with Gasteiger partial charge in [-0.2, -0.15) is 0 Å². The number of hydrogen-bond acceptors (Lipinski definition) is 3. The van der Waals surface area contributed by atoms with Crippen LogP contribution in [-0.4, -0.2) is 37.1 Å². The van der Waals surface area contributed by atoms with Gasteiger partial charge in [-0.25, -0.2) is 0 Å². The van der Waals surface area contributed by atoms with Crippen molar-refractivity contribution in [3.05, 3.63) is 28.8 Å². The van der Waals surface area contributed by atoms with E-state index in [2.05, 4.69) is 0 Å². The minimum Gasteiger partial charge on any atom is -0.398 e. The Morgan fingerprint density at radius 3 is 2.67 bits per heavy atom. The fourth-order valence-electron chi connectivity index (χ4n) is 2.22. The van der Waals surface area contributed by atoms with Gasteiger partial charge < -0.3 is 15.4 Å². The van der Waals surface area contributed by atoms with Crippen molar-refractivity contribution in [1.29, 1.82) is 0 Å². The average Bonchev–Trinajstić information content (AvgIpc) is 2.38. The van der Waals surface area contributed by atoms with E-state index in [0.29, 0.717) is 29.4 Å². The smallest absolute Gasteiger partial charge is 0.257 e. The summed E-state index contributed by atoms with van der Waals surface area (Å²) in [5.41, 5.74) is 6.67. The number of nitrogens with two attached hydrogens (primary N) is 1. The summed E-state index contributed by atoms with van der Waals surface area (Å²) in [5.74, 6) is -0.0901. The molecule has 1 fully saturated rings. The first-order chi connectivity index (χ1) is 8.63. The van der Waals surface area contributed by atoms with Crippen molar-refractivity contribution in [3.8, 4) is 0 Å². The molecule has 1 amide bonds. The molecule has 1 aliphatic rings. The monoisotopic (exact) mass is 268 g/mol. The minimum atomic E-state index is -0.0901. The summed E-state index contributed by atoms with van der Waals surface area (Å²) in [6.07, 6.45) is 1.96. The number of benzene rings is 1. The number of carbonyl (C=O) groups excluding carboxylic acids is 1. The molecule has 1 aromatic carbocycles. The predicted molar refractivity (Wildman–Crippen MR) is 71.8 cm³/mol. The molecule has 4 nitrogen and oxygen atoms in total. The van der Waals surface area contributed by atoms with Crippen molar-refractivity contribution >= 4 is 23.2 Å². The van der Waals surface area contributed by atoms with E-state index >= 15 is 0 Å². The number of hydrogen-bond donors (Lipinski definition) is 1. The lowest BCUT2D eigenvalue weighted by molar-refractivity contribution is 0.0351. The van der Waals surface area contributed by atoms with Crippen LogP contribution in [0.25, 0.3) is 0 Å². The number of methoxy groups -OCH3 is 1. The molecule has 0 aromatic heterocycles. The largest absolute Gasteiger partial charge is 0.398 e. The molecule has 0 saturated carbocycles. The summed E-state index contributed by atoms with van der Waals surface area (Å²) < 4.78 is 5.28. The highest BCUT2D eigenvalue weighted by Crippen LogP contribution is 2.25. The normalized spacial score (nSPS) is 16.9. The Bertz CT molecular complexity index is 422. The Balaban J connectivity index is 2.13. The molecule has 2 N–H and O–H groups in total. The lowest BCUT2D eigenvalue weighted by Crippen LogP contribution is -2.40. The van der Waals surface area contributed by atoms with E-state index in [9.17, 15) is 4.79 Å². The zero-order valence-corrected chi connectivity index (χ0v) is 11.1. The van der Waals surface area contributed by atoms with Crippen LogP contribution >= 0.6 is 11.6 Å². The average molecular weight is 269 g/mol. The van der Waals surface area contributed by atoms with E-state index in [4.69, 9.17) is 22.1 Å². The SMILES string of the molecule is COC1CCN(C(=O)c2c(N)cccc2Cl)CC1. The highest BCUT2D eigenvalue weighted by molar-refractivity contribution is 6.34. The van der Waals surface area contributed by atoms with Crippen LogP contribution in [0.5, 0.6) is 0 Å². The minimum absolute atomic E-state index is 0.0901. The number of ether oxygens (including phenoxy) is 1. The van der Waals surface area contributed by atoms with Gasteiger partial charge in [0.2, 0.25) is 0 Å². The molecule has 2 rings (SSSR count). The molecule has 0 spiro atoms. The summed E-state index contributed by atoms with van der Waals surface area (Å²) in [7, 11) is 1.70. The first-order valence-corrected chi connectivity index (χ1v) is 6.37. The molecule has 0 atom stereocenters. The van der Waals surface area contributed by atoms with E-state index in [0.717, 1.165) is 12.8 Å². The fourth-order valence-corrected chi connectivity index (χ4v) is 2.48. The number of rotatable bonds is 2. The van der Waals surface area contributed by atoms with Gasteiger partial charge in [-0.3, -0.25) is 4.79 Å². The molecule has 98 valence electrons. The molecule has 0 bridgehead atoms. The van der Waals surface area contributed by atoms with Gasteiger partial charge in [0.05, 0.1) is 16.7 Å². The lowest BCUT2D eigenvalue weighted by atomic mass is 10.1. The summed E-state index contributed by atoms with van der Waals surface area (Å²) >= 11 is 6.05. The molecular weight excluding hydrogens is 252 g/mol.